The molecule has 1 aliphatic heterocycles. The SMILES string of the molecule is Cc1ccc(C)c(-n2c(CNC(=O)c3ccc(S(=O)(=O)N4CCCC4)cc3)nnc2SCC(=O)Nc2nccs2)c1. The van der Waals surface area contributed by atoms with Crippen molar-refractivity contribution in [3.8, 4) is 5.69 Å². The van der Waals surface area contributed by atoms with E-state index in [0.29, 0.717) is 34.8 Å². The normalized spacial score (nSPS) is 13.8. The third-order valence-corrected chi connectivity index (χ3v) is 10.1. The van der Waals surface area contributed by atoms with Crippen molar-refractivity contribution in [3.05, 3.63) is 76.6 Å². The highest BCUT2D eigenvalue weighted by Crippen LogP contribution is 2.26. The lowest BCUT2D eigenvalue weighted by molar-refractivity contribution is -0.113. The zero-order valence-electron chi connectivity index (χ0n) is 22.5. The average Bonchev–Trinajstić information content (AvgIpc) is 3.75. The number of hydrogen-bond acceptors (Lipinski definition) is 9. The maximum Gasteiger partial charge on any atom is 0.251 e. The Labute approximate surface area is 246 Å². The second-order valence-corrected chi connectivity index (χ2v) is 13.3. The van der Waals surface area contributed by atoms with Crippen molar-refractivity contribution < 1.29 is 18.0 Å². The zero-order chi connectivity index (χ0) is 29.0. The third-order valence-electron chi connectivity index (χ3n) is 6.54. The molecule has 0 aliphatic carbocycles. The van der Waals surface area contributed by atoms with E-state index in [1.165, 1.54) is 51.7 Å². The first-order valence-corrected chi connectivity index (χ1v) is 16.3. The smallest absolute Gasteiger partial charge is 0.251 e. The van der Waals surface area contributed by atoms with Crippen molar-refractivity contribution in [2.24, 2.45) is 0 Å². The number of thiazole rings is 1. The van der Waals surface area contributed by atoms with Crippen molar-refractivity contribution in [1.82, 2.24) is 29.4 Å². The summed E-state index contributed by atoms with van der Waals surface area (Å²) in [6.45, 7) is 5.05. The summed E-state index contributed by atoms with van der Waals surface area (Å²) in [5, 5.41) is 17.1. The molecule has 1 fully saturated rings. The van der Waals surface area contributed by atoms with Crippen LogP contribution in [0.2, 0.25) is 0 Å². The van der Waals surface area contributed by atoms with Crippen LogP contribution in [0.3, 0.4) is 0 Å². The molecule has 0 atom stereocenters. The van der Waals surface area contributed by atoms with Crippen LogP contribution in [-0.2, 0) is 21.4 Å². The summed E-state index contributed by atoms with van der Waals surface area (Å²) < 4.78 is 28.9. The molecular formula is C27H29N7O4S3. The van der Waals surface area contributed by atoms with Crippen LogP contribution >= 0.6 is 23.1 Å². The van der Waals surface area contributed by atoms with Gasteiger partial charge in [-0.05, 0) is 68.1 Å². The van der Waals surface area contributed by atoms with Gasteiger partial charge >= 0.3 is 0 Å². The predicted octanol–water partition coefficient (Wildman–Crippen LogP) is 3.79. The second-order valence-electron chi connectivity index (χ2n) is 9.52. The maximum absolute atomic E-state index is 13.0. The number of hydrogen-bond donors (Lipinski definition) is 2. The first-order valence-electron chi connectivity index (χ1n) is 12.9. The quantitative estimate of drug-likeness (QED) is 0.258. The van der Waals surface area contributed by atoms with E-state index in [-0.39, 0.29) is 29.0 Å². The Morgan fingerprint density at radius 2 is 1.80 bits per heavy atom. The van der Waals surface area contributed by atoms with E-state index in [2.05, 4.69) is 25.8 Å². The highest BCUT2D eigenvalue weighted by atomic mass is 32.2. The Kier molecular flexibility index (Phi) is 8.82. The van der Waals surface area contributed by atoms with Gasteiger partial charge < -0.3 is 10.6 Å². The van der Waals surface area contributed by atoms with Gasteiger partial charge in [0.15, 0.2) is 16.1 Å². The second kappa shape index (κ2) is 12.5. The number of rotatable bonds is 10. The average molecular weight is 612 g/mol. The number of anilines is 1. The molecule has 2 amide bonds. The number of benzene rings is 2. The number of amides is 2. The van der Waals surface area contributed by atoms with Gasteiger partial charge in [-0.1, -0.05) is 23.9 Å². The molecule has 214 valence electrons. The Balaban J connectivity index is 1.31. The van der Waals surface area contributed by atoms with Gasteiger partial charge in [-0.25, -0.2) is 13.4 Å². The van der Waals surface area contributed by atoms with E-state index in [4.69, 9.17) is 0 Å². The van der Waals surface area contributed by atoms with Crippen LogP contribution in [0.4, 0.5) is 5.13 Å². The highest BCUT2D eigenvalue weighted by Gasteiger charge is 2.27. The summed E-state index contributed by atoms with van der Waals surface area (Å²) >= 11 is 2.57. The molecule has 2 aromatic carbocycles. The van der Waals surface area contributed by atoms with Crippen LogP contribution in [0, 0.1) is 13.8 Å². The molecule has 1 saturated heterocycles. The molecule has 4 aromatic rings. The number of nitrogens with one attached hydrogen (secondary N) is 2. The van der Waals surface area contributed by atoms with E-state index in [1.807, 2.05) is 36.6 Å². The first kappa shape index (κ1) is 28.9. The van der Waals surface area contributed by atoms with Crippen molar-refractivity contribution in [1.29, 1.82) is 0 Å². The predicted molar refractivity (Wildman–Crippen MR) is 158 cm³/mol. The van der Waals surface area contributed by atoms with Gasteiger partial charge in [0.1, 0.15) is 0 Å². The molecule has 0 spiro atoms. The lowest BCUT2D eigenvalue weighted by atomic mass is 10.1. The molecule has 14 heteroatoms. The topological polar surface area (TPSA) is 139 Å². The Morgan fingerprint density at radius 3 is 2.51 bits per heavy atom. The molecule has 0 saturated carbocycles. The van der Waals surface area contributed by atoms with E-state index in [0.717, 1.165) is 29.7 Å². The third kappa shape index (κ3) is 6.67. The minimum Gasteiger partial charge on any atom is -0.345 e. The van der Waals surface area contributed by atoms with Crippen LogP contribution in [0.25, 0.3) is 5.69 Å². The number of sulfonamides is 1. The Bertz CT molecular complexity index is 1650. The summed E-state index contributed by atoms with van der Waals surface area (Å²) in [6, 6.07) is 12.0. The monoisotopic (exact) mass is 611 g/mol. The zero-order valence-corrected chi connectivity index (χ0v) is 25.0. The highest BCUT2D eigenvalue weighted by molar-refractivity contribution is 7.99. The van der Waals surface area contributed by atoms with Crippen LogP contribution in [0.5, 0.6) is 0 Å². The van der Waals surface area contributed by atoms with E-state index < -0.39 is 10.0 Å². The van der Waals surface area contributed by atoms with Gasteiger partial charge in [-0.3, -0.25) is 14.2 Å². The van der Waals surface area contributed by atoms with Crippen molar-refractivity contribution in [3.63, 3.8) is 0 Å². The van der Waals surface area contributed by atoms with E-state index in [1.54, 1.807) is 11.6 Å². The number of aryl methyl sites for hydroxylation is 2. The molecule has 41 heavy (non-hydrogen) atoms. The molecule has 3 heterocycles. The Hall–Kier alpha value is -3.59. The fraction of sp³-hybridized carbons (Fsp3) is 0.296. The fourth-order valence-electron chi connectivity index (χ4n) is 4.40. The number of nitrogens with zero attached hydrogens (tertiary/aromatic N) is 5. The number of carbonyl (C=O) groups excluding carboxylic acids is 2. The maximum atomic E-state index is 13.0. The van der Waals surface area contributed by atoms with Crippen molar-refractivity contribution in [2.45, 2.75) is 43.3 Å². The molecule has 2 aromatic heterocycles. The molecule has 0 radical (unpaired) electrons. The van der Waals surface area contributed by atoms with E-state index in [9.17, 15) is 18.0 Å². The minimum absolute atomic E-state index is 0.0684. The molecule has 11 nitrogen and oxygen atoms in total. The van der Waals surface area contributed by atoms with Gasteiger partial charge in [-0.2, -0.15) is 4.31 Å². The molecule has 0 bridgehead atoms. The van der Waals surface area contributed by atoms with Gasteiger partial charge in [0, 0.05) is 30.2 Å². The minimum atomic E-state index is -3.56. The number of aromatic nitrogens is 4. The lowest BCUT2D eigenvalue weighted by Crippen LogP contribution is -2.28. The van der Waals surface area contributed by atoms with Gasteiger partial charge in [0.05, 0.1) is 22.9 Å². The van der Waals surface area contributed by atoms with Crippen molar-refractivity contribution >= 4 is 50.1 Å². The van der Waals surface area contributed by atoms with Crippen LogP contribution in [-0.4, -0.2) is 63.1 Å². The lowest BCUT2D eigenvalue weighted by Gasteiger charge is -2.16. The largest absolute Gasteiger partial charge is 0.345 e. The molecule has 1 aliphatic rings. The summed E-state index contributed by atoms with van der Waals surface area (Å²) in [5.41, 5.74) is 3.19. The van der Waals surface area contributed by atoms with Gasteiger partial charge in [0.25, 0.3) is 5.91 Å². The number of thioether (sulfide) groups is 1. The van der Waals surface area contributed by atoms with Crippen LogP contribution in [0.1, 0.15) is 40.2 Å². The van der Waals surface area contributed by atoms with Crippen LogP contribution in [0.15, 0.2) is 64.1 Å². The van der Waals surface area contributed by atoms with E-state index >= 15 is 0 Å². The molecule has 0 unspecified atom stereocenters. The molecular weight excluding hydrogens is 583 g/mol. The Morgan fingerprint density at radius 1 is 1.05 bits per heavy atom. The molecule has 2 N–H and O–H groups in total. The van der Waals surface area contributed by atoms with Crippen LogP contribution < -0.4 is 10.6 Å². The van der Waals surface area contributed by atoms with Gasteiger partial charge in [0.2, 0.25) is 15.9 Å². The summed E-state index contributed by atoms with van der Waals surface area (Å²) in [4.78, 5) is 29.7. The standard InChI is InChI=1S/C27H29N7O4S3/c1-18-5-6-19(2)22(15-18)34-23(31-32-27(34)40-17-24(35)30-26-28-11-14-39-26)16-29-25(36)20-7-9-21(10-8-20)41(37,38)33-12-3-4-13-33/h5-11,14-15H,3-4,12-13,16-17H2,1-2H3,(H,29,36)(H,28,30,35). The van der Waals surface area contributed by atoms with Crippen molar-refractivity contribution in [2.75, 3.05) is 24.2 Å². The first-order chi connectivity index (χ1) is 19.7. The summed E-state index contributed by atoms with van der Waals surface area (Å²) in [5.74, 6) is -0.00183. The van der Waals surface area contributed by atoms with Gasteiger partial charge in [-0.15, -0.1) is 21.5 Å². The summed E-state index contributed by atoms with van der Waals surface area (Å²) in [7, 11) is -3.56. The summed E-state index contributed by atoms with van der Waals surface area (Å²) in [6.07, 6.45) is 3.33. The molecule has 5 rings (SSSR count). The fourth-order valence-corrected chi connectivity index (χ4v) is 7.22. The number of carbonyl (C=O) groups is 2.